The van der Waals surface area contributed by atoms with Crippen molar-refractivity contribution in [2.75, 3.05) is 6.54 Å². The molecule has 1 saturated heterocycles. The van der Waals surface area contributed by atoms with Gasteiger partial charge < -0.3 is 5.32 Å². The van der Waals surface area contributed by atoms with Crippen LogP contribution in [-0.4, -0.2) is 17.6 Å². The van der Waals surface area contributed by atoms with Gasteiger partial charge in [-0.1, -0.05) is 29.3 Å². The van der Waals surface area contributed by atoms with Crippen molar-refractivity contribution in [1.82, 2.24) is 10.3 Å². The predicted molar refractivity (Wildman–Crippen MR) is 71.4 cm³/mol. The molecule has 0 aromatic carbocycles. The monoisotopic (exact) mass is 268 g/mol. The van der Waals surface area contributed by atoms with Crippen LogP contribution in [0.5, 0.6) is 0 Å². The SMILES string of the molecule is Clc1cc(C2=C[C@@H]3NCC[C@@H]3CC2)cnc1Cl. The Morgan fingerprint density at radius 2 is 2.18 bits per heavy atom. The maximum Gasteiger partial charge on any atom is 0.147 e. The van der Waals surface area contributed by atoms with Crippen LogP contribution in [0.4, 0.5) is 0 Å². The van der Waals surface area contributed by atoms with Crippen LogP contribution in [0.15, 0.2) is 18.3 Å². The van der Waals surface area contributed by atoms with E-state index in [4.69, 9.17) is 23.2 Å². The van der Waals surface area contributed by atoms with Crippen LogP contribution >= 0.6 is 23.2 Å². The quantitative estimate of drug-likeness (QED) is 0.789. The average Bonchev–Trinajstić information content (AvgIpc) is 2.79. The molecule has 2 heterocycles. The normalized spacial score (nSPS) is 27.8. The number of pyridine rings is 1. The summed E-state index contributed by atoms with van der Waals surface area (Å²) in [5, 5.41) is 4.44. The third-order valence-electron chi connectivity index (χ3n) is 3.74. The standard InChI is InChI=1S/C13H14Cl2N2/c14-11-5-10(7-17-13(11)15)9-2-1-8-3-4-16-12(8)6-9/h5-8,12,16H,1-4H2/t8-,12-/m0/s1. The summed E-state index contributed by atoms with van der Waals surface area (Å²) in [4.78, 5) is 4.11. The zero-order valence-electron chi connectivity index (χ0n) is 9.42. The van der Waals surface area contributed by atoms with E-state index in [1.165, 1.54) is 18.4 Å². The molecule has 1 aromatic heterocycles. The average molecular weight is 269 g/mol. The van der Waals surface area contributed by atoms with Crippen molar-refractivity contribution in [2.24, 2.45) is 5.92 Å². The van der Waals surface area contributed by atoms with E-state index in [2.05, 4.69) is 16.4 Å². The third kappa shape index (κ3) is 2.22. The van der Waals surface area contributed by atoms with Crippen LogP contribution in [-0.2, 0) is 0 Å². The third-order valence-corrected chi connectivity index (χ3v) is 4.42. The van der Waals surface area contributed by atoms with Crippen LogP contribution in [0.25, 0.3) is 5.57 Å². The number of fused-ring (bicyclic) bond motifs is 1. The maximum atomic E-state index is 6.01. The molecule has 2 atom stereocenters. The minimum atomic E-state index is 0.378. The highest BCUT2D eigenvalue weighted by Crippen LogP contribution is 2.35. The Hall–Kier alpha value is -0.570. The maximum absolute atomic E-state index is 6.01. The van der Waals surface area contributed by atoms with Gasteiger partial charge in [-0.15, -0.1) is 0 Å². The smallest absolute Gasteiger partial charge is 0.147 e. The van der Waals surface area contributed by atoms with E-state index in [0.717, 1.165) is 24.4 Å². The first kappa shape index (κ1) is 11.5. The first-order chi connectivity index (χ1) is 8.24. The zero-order valence-corrected chi connectivity index (χ0v) is 10.9. The molecule has 0 saturated carbocycles. The lowest BCUT2D eigenvalue weighted by Crippen LogP contribution is -2.27. The van der Waals surface area contributed by atoms with Crippen molar-refractivity contribution in [2.45, 2.75) is 25.3 Å². The second-order valence-corrected chi connectivity index (χ2v) is 5.52. The van der Waals surface area contributed by atoms with Crippen molar-refractivity contribution in [3.05, 3.63) is 34.1 Å². The van der Waals surface area contributed by atoms with E-state index in [1.807, 2.05) is 12.3 Å². The lowest BCUT2D eigenvalue weighted by molar-refractivity contribution is 0.465. The molecule has 2 nitrogen and oxygen atoms in total. The molecule has 1 aliphatic carbocycles. The number of halogens is 2. The van der Waals surface area contributed by atoms with Gasteiger partial charge in [-0.3, -0.25) is 0 Å². The van der Waals surface area contributed by atoms with Gasteiger partial charge in [0, 0.05) is 12.2 Å². The number of nitrogens with zero attached hydrogens (tertiary/aromatic N) is 1. The summed E-state index contributed by atoms with van der Waals surface area (Å²) in [6.45, 7) is 1.14. The molecule has 0 bridgehead atoms. The fraction of sp³-hybridized carbons (Fsp3) is 0.462. The van der Waals surface area contributed by atoms with Crippen molar-refractivity contribution in [3.63, 3.8) is 0 Å². The first-order valence-corrected chi connectivity index (χ1v) is 6.75. The topological polar surface area (TPSA) is 24.9 Å². The summed E-state index contributed by atoms with van der Waals surface area (Å²) in [6, 6.07) is 2.45. The summed E-state index contributed by atoms with van der Waals surface area (Å²) in [6.07, 6.45) is 7.82. The Kier molecular flexibility index (Phi) is 3.12. The molecule has 90 valence electrons. The van der Waals surface area contributed by atoms with Crippen molar-refractivity contribution in [1.29, 1.82) is 0 Å². The number of nitrogens with one attached hydrogen (secondary N) is 1. The van der Waals surface area contributed by atoms with Gasteiger partial charge >= 0.3 is 0 Å². The molecule has 1 aromatic rings. The summed E-state index contributed by atoms with van der Waals surface area (Å²) < 4.78 is 0. The number of hydrogen-bond acceptors (Lipinski definition) is 2. The Balaban J connectivity index is 1.91. The molecule has 1 aliphatic heterocycles. The van der Waals surface area contributed by atoms with Crippen LogP contribution in [0, 0.1) is 5.92 Å². The van der Waals surface area contributed by atoms with E-state index in [-0.39, 0.29) is 0 Å². The van der Waals surface area contributed by atoms with Gasteiger partial charge in [-0.05, 0) is 48.9 Å². The van der Waals surface area contributed by atoms with E-state index in [0.29, 0.717) is 16.2 Å². The molecular formula is C13H14Cl2N2. The molecule has 1 fully saturated rings. The van der Waals surface area contributed by atoms with Gasteiger partial charge in [0.15, 0.2) is 0 Å². The van der Waals surface area contributed by atoms with Gasteiger partial charge in [-0.2, -0.15) is 0 Å². The fourth-order valence-corrected chi connectivity index (χ4v) is 3.05. The molecule has 0 amide bonds. The molecule has 0 unspecified atom stereocenters. The summed E-state index contributed by atoms with van der Waals surface area (Å²) in [5.74, 6) is 0.814. The Labute approximate surface area is 111 Å². The van der Waals surface area contributed by atoms with Gasteiger partial charge in [-0.25, -0.2) is 4.98 Å². The number of allylic oxidation sites excluding steroid dienone is 1. The van der Waals surface area contributed by atoms with Gasteiger partial charge in [0.05, 0.1) is 5.02 Å². The summed E-state index contributed by atoms with van der Waals surface area (Å²) >= 11 is 11.8. The Morgan fingerprint density at radius 1 is 1.29 bits per heavy atom. The van der Waals surface area contributed by atoms with E-state index in [1.54, 1.807) is 0 Å². The second kappa shape index (κ2) is 4.60. The van der Waals surface area contributed by atoms with Gasteiger partial charge in [0.1, 0.15) is 5.15 Å². The molecule has 1 N–H and O–H groups in total. The second-order valence-electron chi connectivity index (χ2n) is 4.76. The highest BCUT2D eigenvalue weighted by Gasteiger charge is 2.28. The Bertz CT molecular complexity index is 470. The zero-order chi connectivity index (χ0) is 11.8. The number of aromatic nitrogens is 1. The van der Waals surface area contributed by atoms with Crippen LogP contribution < -0.4 is 5.32 Å². The van der Waals surface area contributed by atoms with Crippen molar-refractivity contribution < 1.29 is 0 Å². The Morgan fingerprint density at radius 3 is 3.00 bits per heavy atom. The molecule has 17 heavy (non-hydrogen) atoms. The number of rotatable bonds is 1. The lowest BCUT2D eigenvalue weighted by atomic mass is 9.84. The highest BCUT2D eigenvalue weighted by atomic mass is 35.5. The molecule has 0 spiro atoms. The van der Waals surface area contributed by atoms with E-state index in [9.17, 15) is 0 Å². The van der Waals surface area contributed by atoms with Crippen LogP contribution in [0.1, 0.15) is 24.8 Å². The largest absolute Gasteiger partial charge is 0.310 e. The van der Waals surface area contributed by atoms with E-state index < -0.39 is 0 Å². The van der Waals surface area contributed by atoms with Crippen LogP contribution in [0.3, 0.4) is 0 Å². The van der Waals surface area contributed by atoms with Gasteiger partial charge in [0.2, 0.25) is 0 Å². The summed E-state index contributed by atoms with van der Waals surface area (Å²) in [5.41, 5.74) is 2.44. The summed E-state index contributed by atoms with van der Waals surface area (Å²) in [7, 11) is 0. The van der Waals surface area contributed by atoms with E-state index >= 15 is 0 Å². The predicted octanol–water partition coefficient (Wildman–Crippen LogP) is 3.54. The number of hydrogen-bond donors (Lipinski definition) is 1. The van der Waals surface area contributed by atoms with Crippen molar-refractivity contribution >= 4 is 28.8 Å². The van der Waals surface area contributed by atoms with Crippen molar-refractivity contribution in [3.8, 4) is 0 Å². The van der Waals surface area contributed by atoms with Gasteiger partial charge in [0.25, 0.3) is 0 Å². The molecule has 0 radical (unpaired) electrons. The molecule has 2 aliphatic rings. The first-order valence-electron chi connectivity index (χ1n) is 5.99. The molecule has 3 rings (SSSR count). The highest BCUT2D eigenvalue weighted by molar-refractivity contribution is 6.41. The molecular weight excluding hydrogens is 255 g/mol. The molecule has 4 heteroatoms. The lowest BCUT2D eigenvalue weighted by Gasteiger charge is -2.24. The fourth-order valence-electron chi connectivity index (χ4n) is 2.78. The minimum absolute atomic E-state index is 0.378. The van der Waals surface area contributed by atoms with Crippen LogP contribution in [0.2, 0.25) is 10.2 Å². The minimum Gasteiger partial charge on any atom is -0.310 e.